The second kappa shape index (κ2) is 10.0. The predicted octanol–water partition coefficient (Wildman–Crippen LogP) is 8.79. The van der Waals surface area contributed by atoms with Gasteiger partial charge in [-0.25, -0.2) is 4.98 Å². The third-order valence-electron chi connectivity index (χ3n) is 7.18. The fourth-order valence-corrected chi connectivity index (χ4v) is 5.26. The van der Waals surface area contributed by atoms with Crippen molar-refractivity contribution in [3.8, 4) is 56.3 Å². The summed E-state index contributed by atoms with van der Waals surface area (Å²) >= 11 is 0. The molecule has 0 unspecified atom stereocenters. The maximum absolute atomic E-state index is 10.8. The predicted molar refractivity (Wildman–Crippen MR) is 162 cm³/mol. The molecule has 0 aliphatic heterocycles. The minimum atomic E-state index is 0.197. The quantitative estimate of drug-likeness (QED) is 0.249. The molecule has 0 aliphatic carbocycles. The number of fused-ring (bicyclic) bond motifs is 1. The van der Waals surface area contributed by atoms with E-state index in [1.165, 1.54) is 0 Å². The largest absolute Gasteiger partial charge is 0.507 e. The van der Waals surface area contributed by atoms with E-state index in [1.807, 2.05) is 54.7 Å². The summed E-state index contributed by atoms with van der Waals surface area (Å²) in [4.78, 5) is 9.83. The highest BCUT2D eigenvalue weighted by Gasteiger charge is 2.19. The normalized spacial score (nSPS) is 11.1. The van der Waals surface area contributed by atoms with Crippen LogP contribution in [-0.4, -0.2) is 19.6 Å². The maximum atomic E-state index is 10.8. The van der Waals surface area contributed by atoms with Crippen LogP contribution in [-0.2, 0) is 0 Å². The topological polar surface area (TPSA) is 50.9 Å². The molecule has 190 valence electrons. The van der Waals surface area contributed by atoms with Crippen molar-refractivity contribution in [1.29, 1.82) is 0 Å². The first-order valence-electron chi connectivity index (χ1n) is 13.2. The van der Waals surface area contributed by atoms with E-state index in [-0.39, 0.29) is 5.75 Å². The highest BCUT2D eigenvalue weighted by molar-refractivity contribution is 5.96. The zero-order valence-corrected chi connectivity index (χ0v) is 21.6. The fourth-order valence-electron chi connectivity index (χ4n) is 5.26. The average Bonchev–Trinajstić information content (AvgIpc) is 3.42. The van der Waals surface area contributed by atoms with Crippen molar-refractivity contribution in [1.82, 2.24) is 14.5 Å². The van der Waals surface area contributed by atoms with Crippen molar-refractivity contribution in [2.24, 2.45) is 0 Å². The van der Waals surface area contributed by atoms with Crippen LogP contribution in [0.25, 0.3) is 61.6 Å². The zero-order valence-electron chi connectivity index (χ0n) is 21.6. The molecule has 0 saturated carbocycles. The van der Waals surface area contributed by atoms with Gasteiger partial charge in [0.2, 0.25) is 0 Å². The first kappa shape index (κ1) is 23.6. The van der Waals surface area contributed by atoms with Crippen molar-refractivity contribution in [3.63, 3.8) is 0 Å². The SMILES string of the molecule is Oc1ccccc1-c1nc2c(-c3cccc(-c4cc(-c5ccccc5)ccn4)c3)cccc2n1-c1ccccc1. The number of aromatic nitrogens is 3. The third kappa shape index (κ3) is 4.22. The van der Waals surface area contributed by atoms with Crippen LogP contribution in [0.15, 0.2) is 146 Å². The Morgan fingerprint density at radius 1 is 0.525 bits per heavy atom. The molecule has 0 radical (unpaired) electrons. The van der Waals surface area contributed by atoms with E-state index in [4.69, 9.17) is 9.97 Å². The van der Waals surface area contributed by atoms with Gasteiger partial charge in [-0.15, -0.1) is 0 Å². The van der Waals surface area contributed by atoms with Crippen molar-refractivity contribution in [3.05, 3.63) is 146 Å². The first-order chi connectivity index (χ1) is 19.8. The standard InChI is InChI=1S/C36H25N3O/c40-34-20-8-7-17-31(34)36-38-35-30(18-10-19-33(35)39(36)29-15-5-2-6-16-29)27-13-9-14-28(23-27)32-24-26(21-22-37-32)25-11-3-1-4-12-25/h1-24,40H. The summed E-state index contributed by atoms with van der Waals surface area (Å²) in [5, 5.41) is 10.8. The summed E-state index contributed by atoms with van der Waals surface area (Å²) in [6, 6.07) is 46.7. The summed E-state index contributed by atoms with van der Waals surface area (Å²) in [6.07, 6.45) is 1.87. The Kier molecular flexibility index (Phi) is 5.91. The number of hydrogen-bond donors (Lipinski definition) is 1. The molecule has 0 fully saturated rings. The summed E-state index contributed by atoms with van der Waals surface area (Å²) in [5.74, 6) is 0.892. The number of phenolic OH excluding ortho intramolecular Hbond substituents is 1. The van der Waals surface area contributed by atoms with Crippen molar-refractivity contribution in [2.45, 2.75) is 0 Å². The smallest absolute Gasteiger partial charge is 0.149 e. The molecule has 40 heavy (non-hydrogen) atoms. The highest BCUT2D eigenvalue weighted by atomic mass is 16.3. The lowest BCUT2D eigenvalue weighted by Crippen LogP contribution is -1.97. The van der Waals surface area contributed by atoms with Gasteiger partial charge in [-0.1, -0.05) is 91.0 Å². The van der Waals surface area contributed by atoms with Gasteiger partial charge in [0.1, 0.15) is 11.6 Å². The lowest BCUT2D eigenvalue weighted by molar-refractivity contribution is 0.477. The molecule has 0 aliphatic rings. The summed E-state index contributed by atoms with van der Waals surface area (Å²) in [7, 11) is 0. The van der Waals surface area contributed by atoms with Crippen LogP contribution in [0, 0.1) is 0 Å². The molecule has 0 atom stereocenters. The van der Waals surface area contributed by atoms with E-state index in [0.29, 0.717) is 11.4 Å². The molecule has 0 saturated heterocycles. The Bertz CT molecular complexity index is 1960. The number of para-hydroxylation sites is 3. The number of phenols is 1. The molecule has 0 amide bonds. The Morgan fingerprint density at radius 2 is 1.20 bits per heavy atom. The van der Waals surface area contributed by atoms with Crippen molar-refractivity contribution >= 4 is 11.0 Å². The fraction of sp³-hybridized carbons (Fsp3) is 0. The van der Waals surface area contributed by atoms with E-state index in [9.17, 15) is 5.11 Å². The van der Waals surface area contributed by atoms with Crippen molar-refractivity contribution in [2.75, 3.05) is 0 Å². The lowest BCUT2D eigenvalue weighted by atomic mass is 9.99. The average molecular weight is 516 g/mol. The maximum Gasteiger partial charge on any atom is 0.149 e. The number of aromatic hydroxyl groups is 1. The van der Waals surface area contributed by atoms with Gasteiger partial charge in [-0.2, -0.15) is 0 Å². The van der Waals surface area contributed by atoms with Crippen LogP contribution >= 0.6 is 0 Å². The van der Waals surface area contributed by atoms with E-state index in [0.717, 1.165) is 50.2 Å². The molecule has 7 rings (SSSR count). The Morgan fingerprint density at radius 3 is 2.02 bits per heavy atom. The molecule has 2 aromatic heterocycles. The number of hydrogen-bond acceptors (Lipinski definition) is 3. The molecular formula is C36H25N3O. The van der Waals surface area contributed by atoms with Crippen molar-refractivity contribution < 1.29 is 5.11 Å². The molecule has 4 nitrogen and oxygen atoms in total. The van der Waals surface area contributed by atoms with Gasteiger partial charge in [0.25, 0.3) is 0 Å². The Hall–Kier alpha value is -5.48. The summed E-state index contributed by atoms with van der Waals surface area (Å²) in [6.45, 7) is 0. The van der Waals surface area contributed by atoms with Gasteiger partial charge in [-0.05, 0) is 65.2 Å². The van der Waals surface area contributed by atoms with Gasteiger partial charge in [-0.3, -0.25) is 9.55 Å². The van der Waals surface area contributed by atoms with Gasteiger partial charge in [0.15, 0.2) is 0 Å². The van der Waals surface area contributed by atoms with E-state index < -0.39 is 0 Å². The number of rotatable bonds is 5. The summed E-state index contributed by atoms with van der Waals surface area (Å²) in [5.41, 5.74) is 9.82. The van der Waals surface area contributed by atoms with Gasteiger partial charge in [0, 0.05) is 23.0 Å². The summed E-state index contributed by atoms with van der Waals surface area (Å²) < 4.78 is 2.11. The van der Waals surface area contributed by atoms with Crippen LogP contribution in [0.2, 0.25) is 0 Å². The molecule has 7 aromatic rings. The number of benzene rings is 5. The monoisotopic (exact) mass is 515 g/mol. The Balaban J connectivity index is 1.40. The minimum Gasteiger partial charge on any atom is -0.507 e. The molecule has 1 N–H and O–H groups in total. The van der Waals surface area contributed by atoms with E-state index in [1.54, 1.807) is 6.07 Å². The van der Waals surface area contributed by atoms with Gasteiger partial charge < -0.3 is 5.11 Å². The van der Waals surface area contributed by atoms with Crippen LogP contribution in [0.4, 0.5) is 0 Å². The molecule has 0 bridgehead atoms. The second-order valence-corrected chi connectivity index (χ2v) is 9.67. The first-order valence-corrected chi connectivity index (χ1v) is 13.2. The van der Waals surface area contributed by atoms with Crippen LogP contribution in [0.1, 0.15) is 0 Å². The number of nitrogens with zero attached hydrogens (tertiary/aromatic N) is 3. The Labute approximate surface area is 232 Å². The minimum absolute atomic E-state index is 0.197. The van der Waals surface area contributed by atoms with Gasteiger partial charge >= 0.3 is 0 Å². The van der Waals surface area contributed by atoms with Crippen LogP contribution in [0.3, 0.4) is 0 Å². The lowest BCUT2D eigenvalue weighted by Gasteiger charge is -2.11. The van der Waals surface area contributed by atoms with E-state index in [2.05, 4.69) is 89.5 Å². The second-order valence-electron chi connectivity index (χ2n) is 9.67. The van der Waals surface area contributed by atoms with Gasteiger partial charge in [0.05, 0.1) is 22.3 Å². The number of imidazole rings is 1. The van der Waals surface area contributed by atoms with Crippen LogP contribution < -0.4 is 0 Å². The van der Waals surface area contributed by atoms with E-state index >= 15 is 0 Å². The molecule has 4 heteroatoms. The molecule has 0 spiro atoms. The molecule has 2 heterocycles. The van der Waals surface area contributed by atoms with Crippen LogP contribution in [0.5, 0.6) is 5.75 Å². The number of pyridine rings is 1. The zero-order chi connectivity index (χ0) is 26.9. The third-order valence-corrected chi connectivity index (χ3v) is 7.18. The molecular weight excluding hydrogens is 490 g/mol. The highest BCUT2D eigenvalue weighted by Crippen LogP contribution is 2.38. The molecule has 5 aromatic carbocycles.